The molecular weight excluding hydrogens is 508 g/mol. The fourth-order valence-corrected chi connectivity index (χ4v) is 4.29. The van der Waals surface area contributed by atoms with Gasteiger partial charge in [0.1, 0.15) is 19.0 Å². The lowest BCUT2D eigenvalue weighted by molar-refractivity contribution is 0.345. The van der Waals surface area contributed by atoms with Gasteiger partial charge in [-0.15, -0.1) is 0 Å². The van der Waals surface area contributed by atoms with E-state index < -0.39 is 0 Å². The van der Waals surface area contributed by atoms with Gasteiger partial charge in [0, 0.05) is 0 Å². The second kappa shape index (κ2) is 21.1. The van der Waals surface area contributed by atoms with E-state index >= 15 is 0 Å². The summed E-state index contributed by atoms with van der Waals surface area (Å²) in [6, 6.07) is 7.87. The predicted octanol–water partition coefficient (Wildman–Crippen LogP) is 11.6. The van der Waals surface area contributed by atoms with Crippen molar-refractivity contribution in [1.82, 2.24) is 0 Å². The summed E-state index contributed by atoms with van der Waals surface area (Å²) in [5.74, 6) is 0.765. The predicted molar refractivity (Wildman–Crippen MR) is 180 cm³/mol. The minimum Gasteiger partial charge on any atom is -0.489 e. The lowest BCUT2D eigenvalue weighted by atomic mass is 10.1. The fourth-order valence-electron chi connectivity index (χ4n) is 4.05. The molecule has 0 bridgehead atoms. The first kappa shape index (κ1) is 35.4. The van der Waals surface area contributed by atoms with E-state index in [0.717, 1.165) is 62.7 Å². The van der Waals surface area contributed by atoms with Crippen LogP contribution in [0.3, 0.4) is 0 Å². The van der Waals surface area contributed by atoms with Gasteiger partial charge in [-0.05, 0) is 143 Å². The third kappa shape index (κ3) is 17.8. The van der Waals surface area contributed by atoms with Crippen LogP contribution in [0.4, 0.5) is 0 Å². The van der Waals surface area contributed by atoms with Crippen LogP contribution in [0.25, 0.3) is 0 Å². The monoisotopic (exact) mass is 562 g/mol. The molecule has 0 saturated heterocycles. The Kier molecular flexibility index (Phi) is 18.7. The maximum atomic E-state index is 6.08. The Labute approximate surface area is 251 Å². The molecule has 40 heavy (non-hydrogen) atoms. The van der Waals surface area contributed by atoms with Gasteiger partial charge in [0.15, 0.2) is 5.05 Å². The van der Waals surface area contributed by atoms with Gasteiger partial charge >= 0.3 is 0 Å². The van der Waals surface area contributed by atoms with Crippen molar-refractivity contribution in [2.45, 2.75) is 107 Å². The smallest absolute Gasteiger partial charge is 0.195 e. The van der Waals surface area contributed by atoms with Crippen LogP contribution in [0, 0.1) is 0 Å². The molecule has 0 unspecified atom stereocenters. The van der Waals surface area contributed by atoms with E-state index in [0.29, 0.717) is 18.3 Å². The second-order valence-electron chi connectivity index (χ2n) is 11.3. The van der Waals surface area contributed by atoms with E-state index in [4.69, 9.17) is 21.7 Å². The number of rotatable bonds is 18. The van der Waals surface area contributed by atoms with Crippen LogP contribution < -0.4 is 4.74 Å². The Morgan fingerprint density at radius 3 is 1.50 bits per heavy atom. The van der Waals surface area contributed by atoms with Crippen molar-refractivity contribution in [3.05, 3.63) is 99.7 Å². The normalized spacial score (nSPS) is 12.7. The minimum atomic E-state index is 0.475. The Hall–Kier alpha value is -2.65. The summed E-state index contributed by atoms with van der Waals surface area (Å²) in [5, 5.41) is 0.476. The molecule has 0 fully saturated rings. The van der Waals surface area contributed by atoms with Gasteiger partial charge in [-0.1, -0.05) is 69.9 Å². The van der Waals surface area contributed by atoms with Crippen LogP contribution in [0.1, 0.15) is 112 Å². The van der Waals surface area contributed by atoms with Gasteiger partial charge in [0.25, 0.3) is 0 Å². The minimum absolute atomic E-state index is 0.475. The van der Waals surface area contributed by atoms with Crippen molar-refractivity contribution in [3.63, 3.8) is 0 Å². The molecule has 1 aromatic rings. The molecule has 0 spiro atoms. The first-order valence-corrected chi connectivity index (χ1v) is 15.3. The number of hydrogen-bond acceptors (Lipinski definition) is 3. The molecule has 0 aromatic heterocycles. The van der Waals surface area contributed by atoms with Crippen molar-refractivity contribution in [2.24, 2.45) is 0 Å². The molecule has 0 aliphatic heterocycles. The van der Waals surface area contributed by atoms with Gasteiger partial charge < -0.3 is 9.47 Å². The lowest BCUT2D eigenvalue weighted by Crippen LogP contribution is -2.07. The number of thiocarbonyl (C=S) groups is 1. The lowest BCUT2D eigenvalue weighted by Gasteiger charge is -2.12. The number of ether oxygens (including phenoxy) is 2. The van der Waals surface area contributed by atoms with Gasteiger partial charge in [-0.2, -0.15) is 0 Å². The van der Waals surface area contributed by atoms with Crippen LogP contribution in [0.15, 0.2) is 94.2 Å². The largest absolute Gasteiger partial charge is 0.489 e. The summed E-state index contributed by atoms with van der Waals surface area (Å²) in [7, 11) is 0. The zero-order chi connectivity index (χ0) is 29.8. The van der Waals surface area contributed by atoms with Crippen LogP contribution in [-0.2, 0) is 4.74 Å². The summed E-state index contributed by atoms with van der Waals surface area (Å²) < 4.78 is 12.0. The zero-order valence-corrected chi connectivity index (χ0v) is 27.4. The molecule has 0 radical (unpaired) electrons. The van der Waals surface area contributed by atoms with Crippen LogP contribution in [0.2, 0.25) is 0 Å². The van der Waals surface area contributed by atoms with Gasteiger partial charge in [0.2, 0.25) is 0 Å². The first-order valence-electron chi connectivity index (χ1n) is 14.9. The fraction of sp³-hybridized carbons (Fsp3) is 0.486. The van der Waals surface area contributed by atoms with E-state index in [1.54, 1.807) is 0 Å². The maximum Gasteiger partial charge on any atom is 0.195 e. The summed E-state index contributed by atoms with van der Waals surface area (Å²) >= 11 is 5.60. The Morgan fingerprint density at radius 2 is 1.00 bits per heavy atom. The van der Waals surface area contributed by atoms with Crippen molar-refractivity contribution < 1.29 is 9.47 Å². The maximum absolute atomic E-state index is 6.08. The number of para-hydroxylation sites is 1. The summed E-state index contributed by atoms with van der Waals surface area (Å²) in [5.41, 5.74) is 9.19. The standard InChI is InChI=1S/C37H54O2S/c1-29(2)15-11-17-31(5)19-13-21-33(7)25-27-38-36-24-10-9-23-35(36)37(40)39-28-26-34(8)22-14-20-32(6)18-12-16-30(3)4/h9-10,15-16,19-20,23-26H,11-14,17-18,21-22,27-28H2,1-8H3. The third-order valence-electron chi connectivity index (χ3n) is 6.67. The van der Waals surface area contributed by atoms with Crippen LogP contribution in [0.5, 0.6) is 5.75 Å². The SMILES string of the molecule is CC(C)=CCCC(C)=CCCC(C)=CCOC(=S)c1ccccc1OCC=C(C)CCC=C(C)CCC=C(C)C. The van der Waals surface area contributed by atoms with Crippen molar-refractivity contribution >= 4 is 17.3 Å². The average molecular weight is 563 g/mol. The van der Waals surface area contributed by atoms with E-state index in [1.165, 1.54) is 33.4 Å². The quantitative estimate of drug-likeness (QED) is 0.131. The Morgan fingerprint density at radius 1 is 0.575 bits per heavy atom. The van der Waals surface area contributed by atoms with Crippen molar-refractivity contribution in [2.75, 3.05) is 13.2 Å². The molecule has 3 heteroatoms. The van der Waals surface area contributed by atoms with E-state index in [9.17, 15) is 0 Å². The first-order chi connectivity index (χ1) is 19.1. The van der Waals surface area contributed by atoms with E-state index in [-0.39, 0.29) is 0 Å². The van der Waals surface area contributed by atoms with Crippen molar-refractivity contribution in [3.8, 4) is 5.75 Å². The average Bonchev–Trinajstić information content (AvgIpc) is 2.88. The molecule has 1 rings (SSSR count). The molecule has 1 aromatic carbocycles. The highest BCUT2D eigenvalue weighted by atomic mass is 32.1. The Balaban J connectivity index is 2.48. The highest BCUT2D eigenvalue weighted by Crippen LogP contribution is 2.20. The molecule has 220 valence electrons. The van der Waals surface area contributed by atoms with E-state index in [2.05, 4.69) is 91.8 Å². The van der Waals surface area contributed by atoms with Crippen LogP contribution in [-0.4, -0.2) is 18.3 Å². The van der Waals surface area contributed by atoms with Gasteiger partial charge in [-0.3, -0.25) is 0 Å². The molecular formula is C37H54O2S. The van der Waals surface area contributed by atoms with Gasteiger partial charge in [0.05, 0.1) is 5.56 Å². The highest BCUT2D eigenvalue weighted by molar-refractivity contribution is 7.80. The molecule has 0 aliphatic rings. The number of allylic oxidation sites excluding steroid dienone is 10. The third-order valence-corrected chi connectivity index (χ3v) is 7.01. The molecule has 0 amide bonds. The molecule has 2 nitrogen and oxygen atoms in total. The molecule has 0 saturated carbocycles. The molecule has 0 heterocycles. The van der Waals surface area contributed by atoms with Crippen molar-refractivity contribution in [1.29, 1.82) is 0 Å². The number of hydrogen-bond donors (Lipinski definition) is 0. The zero-order valence-electron chi connectivity index (χ0n) is 26.6. The Bertz CT molecular complexity index is 1090. The topological polar surface area (TPSA) is 18.5 Å². The molecule has 0 atom stereocenters. The van der Waals surface area contributed by atoms with Crippen LogP contribution >= 0.6 is 12.2 Å². The second-order valence-corrected chi connectivity index (χ2v) is 11.7. The molecule has 0 aliphatic carbocycles. The van der Waals surface area contributed by atoms with Gasteiger partial charge in [-0.25, -0.2) is 0 Å². The molecule has 0 N–H and O–H groups in total. The highest BCUT2D eigenvalue weighted by Gasteiger charge is 2.09. The number of benzene rings is 1. The summed E-state index contributed by atoms with van der Waals surface area (Å²) in [6.45, 7) is 18.4. The summed E-state index contributed by atoms with van der Waals surface area (Å²) in [4.78, 5) is 0. The van der Waals surface area contributed by atoms with E-state index in [1.807, 2.05) is 24.3 Å². The summed E-state index contributed by atoms with van der Waals surface area (Å²) in [6.07, 6.45) is 22.4.